The third-order valence-corrected chi connectivity index (χ3v) is 12.5. The highest BCUT2D eigenvalue weighted by atomic mass is 35.5. The van der Waals surface area contributed by atoms with E-state index in [1.165, 1.54) is 0 Å². The van der Waals surface area contributed by atoms with Crippen molar-refractivity contribution in [2.45, 2.75) is 62.8 Å². The molecule has 1 unspecified atom stereocenters. The molecule has 2 amide bonds. The third-order valence-electron chi connectivity index (χ3n) is 10.1. The molecule has 2 aliphatic heterocycles. The number of hydrogen-bond acceptors (Lipinski definition) is 10. The summed E-state index contributed by atoms with van der Waals surface area (Å²) in [5.41, 5.74) is 0.0354. The van der Waals surface area contributed by atoms with E-state index in [4.69, 9.17) is 37.4 Å². The van der Waals surface area contributed by atoms with Crippen molar-refractivity contribution in [1.82, 2.24) is 30.1 Å². The molecule has 3 aromatic carbocycles. The normalized spacial score (nSPS) is 20.5. The Labute approximate surface area is 347 Å². The number of amides is 2. The number of methoxy groups -OCH3 is 2. The Morgan fingerprint density at radius 2 is 1.39 bits per heavy atom. The first-order valence-electron chi connectivity index (χ1n) is 19.2. The van der Waals surface area contributed by atoms with E-state index in [1.54, 1.807) is 88.1 Å². The van der Waals surface area contributed by atoms with Crippen LogP contribution in [0.3, 0.4) is 0 Å². The molecule has 3 atom stereocenters. The molecule has 5 rings (SSSR count). The van der Waals surface area contributed by atoms with Crippen LogP contribution in [0.2, 0.25) is 10.0 Å². The summed E-state index contributed by atoms with van der Waals surface area (Å²) in [5, 5.41) is 8.50. The maximum absolute atomic E-state index is 15.5. The number of aryl methyl sites for hydroxylation is 1. The molecule has 0 bridgehead atoms. The second-order valence-corrected chi connectivity index (χ2v) is 18.0. The minimum atomic E-state index is -4.06. The van der Waals surface area contributed by atoms with E-state index < -0.39 is 33.3 Å². The minimum Gasteiger partial charge on any atom is -0.493 e. The number of halogens is 2. The second-order valence-electron chi connectivity index (χ2n) is 15.4. The van der Waals surface area contributed by atoms with Gasteiger partial charge in [0.2, 0.25) is 15.9 Å². The van der Waals surface area contributed by atoms with Gasteiger partial charge in [0.15, 0.2) is 5.66 Å². The van der Waals surface area contributed by atoms with Gasteiger partial charge in [-0.2, -0.15) is 0 Å². The van der Waals surface area contributed by atoms with Crippen LogP contribution in [-0.4, -0.2) is 120 Å². The van der Waals surface area contributed by atoms with Gasteiger partial charge in [-0.3, -0.25) is 25.1 Å². The number of carbonyl (C=O) groups excluding carboxylic acids is 2. The van der Waals surface area contributed by atoms with Crippen molar-refractivity contribution >= 4 is 45.0 Å². The average Bonchev–Trinajstić information content (AvgIpc) is 3.56. The molecule has 0 spiro atoms. The lowest BCUT2D eigenvalue weighted by atomic mass is 9.95. The van der Waals surface area contributed by atoms with Gasteiger partial charge in [0.25, 0.3) is 5.91 Å². The summed E-state index contributed by atoms with van der Waals surface area (Å²) in [4.78, 5) is 34.4. The van der Waals surface area contributed by atoms with Crippen LogP contribution in [0.4, 0.5) is 0 Å². The lowest BCUT2D eigenvalue weighted by molar-refractivity contribution is -0.142. The molecule has 0 aliphatic carbocycles. The highest BCUT2D eigenvalue weighted by molar-refractivity contribution is 7.89. The largest absolute Gasteiger partial charge is 0.493 e. The van der Waals surface area contributed by atoms with Crippen molar-refractivity contribution < 1.29 is 32.2 Å². The molecule has 57 heavy (non-hydrogen) atoms. The van der Waals surface area contributed by atoms with E-state index in [0.29, 0.717) is 79.4 Å². The summed E-state index contributed by atoms with van der Waals surface area (Å²) in [6.45, 7) is 12.6. The first-order chi connectivity index (χ1) is 27.0. The fourth-order valence-corrected chi connectivity index (χ4v) is 9.26. The Hall–Kier alpha value is -3.31. The monoisotopic (exact) mass is 846 g/mol. The van der Waals surface area contributed by atoms with Gasteiger partial charge in [-0.05, 0) is 87.7 Å². The van der Waals surface area contributed by atoms with E-state index in [-0.39, 0.29) is 29.9 Å². The molecule has 312 valence electrons. The standard InChI is InChI=1S/C41H56Cl2N6O7S/c1-8-56-34-25-28(2)35(57(52,53)46-40(3,4)5)26-33(34)41(39(51)49-19-17-47(18-20-49)27-36(50)48(21-23-54-6)22-24-55-7)44-37(29-9-13-31(42)14-10-29)38(45-41)30-11-15-32(43)16-12-30/h9-16,25-26,37-38,44-46H,8,17-24,27H2,1-7H3/t37-,38+,41?. The van der Waals surface area contributed by atoms with Gasteiger partial charge in [-0.1, -0.05) is 47.5 Å². The molecule has 13 nitrogen and oxygen atoms in total. The zero-order valence-electron chi connectivity index (χ0n) is 33.9. The van der Waals surface area contributed by atoms with Crippen LogP contribution >= 0.6 is 23.2 Å². The summed E-state index contributed by atoms with van der Waals surface area (Å²) >= 11 is 12.7. The average molecular weight is 848 g/mol. The number of carbonyl (C=O) groups is 2. The van der Waals surface area contributed by atoms with Gasteiger partial charge in [0, 0.05) is 74.6 Å². The molecule has 3 aromatic rings. The van der Waals surface area contributed by atoms with Crippen LogP contribution in [-0.2, 0) is 34.7 Å². The first-order valence-corrected chi connectivity index (χ1v) is 21.4. The van der Waals surface area contributed by atoms with Crippen LogP contribution in [0.15, 0.2) is 65.6 Å². The van der Waals surface area contributed by atoms with Crippen molar-refractivity contribution in [1.29, 1.82) is 0 Å². The predicted octanol–water partition coefficient (Wildman–Crippen LogP) is 4.87. The summed E-state index contributed by atoms with van der Waals surface area (Å²) in [7, 11) is -0.864. The molecule has 0 radical (unpaired) electrons. The number of piperazine rings is 1. The maximum Gasteiger partial charge on any atom is 0.262 e. The summed E-state index contributed by atoms with van der Waals surface area (Å²) in [6.07, 6.45) is 0. The predicted molar refractivity (Wildman–Crippen MR) is 222 cm³/mol. The van der Waals surface area contributed by atoms with Gasteiger partial charge in [0.1, 0.15) is 5.75 Å². The Kier molecular flexibility index (Phi) is 15.1. The Bertz CT molecular complexity index is 1890. The molecular weight excluding hydrogens is 791 g/mol. The van der Waals surface area contributed by atoms with E-state index in [0.717, 1.165) is 11.1 Å². The van der Waals surface area contributed by atoms with Crippen LogP contribution in [0, 0.1) is 6.92 Å². The van der Waals surface area contributed by atoms with Gasteiger partial charge >= 0.3 is 0 Å². The molecule has 2 heterocycles. The molecular formula is C41H56Cl2N6O7S. The molecule has 0 saturated carbocycles. The minimum absolute atomic E-state index is 0.0273. The molecule has 2 fully saturated rings. The highest BCUT2D eigenvalue weighted by Gasteiger charge is 2.55. The second kappa shape index (κ2) is 19.2. The van der Waals surface area contributed by atoms with Gasteiger partial charge in [-0.25, -0.2) is 13.1 Å². The lowest BCUT2D eigenvalue weighted by Crippen LogP contribution is -2.62. The van der Waals surface area contributed by atoms with Crippen LogP contribution in [0.25, 0.3) is 0 Å². The third kappa shape index (κ3) is 10.9. The summed E-state index contributed by atoms with van der Waals surface area (Å²) in [6, 6.07) is 17.1. The number of rotatable bonds is 16. The maximum atomic E-state index is 15.5. The summed E-state index contributed by atoms with van der Waals surface area (Å²) < 4.78 is 47.6. The van der Waals surface area contributed by atoms with Crippen LogP contribution in [0.5, 0.6) is 5.75 Å². The van der Waals surface area contributed by atoms with Gasteiger partial charge < -0.3 is 24.0 Å². The smallest absolute Gasteiger partial charge is 0.262 e. The fourth-order valence-electron chi connectivity index (χ4n) is 7.34. The molecule has 16 heteroatoms. The van der Waals surface area contributed by atoms with Crippen molar-refractivity contribution in [3.05, 3.63) is 93.0 Å². The van der Waals surface area contributed by atoms with Crippen molar-refractivity contribution in [2.75, 3.05) is 79.9 Å². The van der Waals surface area contributed by atoms with Crippen LogP contribution in [0.1, 0.15) is 62.0 Å². The molecule has 3 N–H and O–H groups in total. The van der Waals surface area contributed by atoms with E-state index in [1.807, 2.05) is 36.1 Å². The highest BCUT2D eigenvalue weighted by Crippen LogP contribution is 2.46. The van der Waals surface area contributed by atoms with Crippen molar-refractivity contribution in [2.24, 2.45) is 0 Å². The number of benzene rings is 3. The number of nitrogens with one attached hydrogen (secondary N) is 3. The quantitative estimate of drug-likeness (QED) is 0.183. The Balaban J connectivity index is 1.59. The fraction of sp³-hybridized carbons (Fsp3) is 0.512. The molecule has 0 aromatic heterocycles. The van der Waals surface area contributed by atoms with Gasteiger partial charge in [0.05, 0.1) is 43.3 Å². The van der Waals surface area contributed by atoms with E-state index in [2.05, 4.69) is 15.4 Å². The van der Waals surface area contributed by atoms with Crippen LogP contribution < -0.4 is 20.1 Å². The van der Waals surface area contributed by atoms with Gasteiger partial charge in [-0.15, -0.1) is 0 Å². The summed E-state index contributed by atoms with van der Waals surface area (Å²) in [5.74, 6) is -0.00142. The van der Waals surface area contributed by atoms with Crippen molar-refractivity contribution in [3.8, 4) is 5.75 Å². The topological polar surface area (TPSA) is 142 Å². The number of nitrogens with zero attached hydrogens (tertiary/aromatic N) is 3. The Morgan fingerprint density at radius 1 is 0.877 bits per heavy atom. The number of hydrogen-bond donors (Lipinski definition) is 3. The Morgan fingerprint density at radius 3 is 1.84 bits per heavy atom. The number of ether oxygens (including phenoxy) is 3. The zero-order chi connectivity index (χ0) is 41.5. The lowest BCUT2D eigenvalue weighted by Gasteiger charge is -2.41. The number of sulfonamides is 1. The first kappa shape index (κ1) is 44.8. The molecule has 2 aliphatic rings. The molecule has 2 saturated heterocycles. The zero-order valence-corrected chi connectivity index (χ0v) is 36.2. The van der Waals surface area contributed by atoms with E-state index >= 15 is 4.79 Å². The van der Waals surface area contributed by atoms with E-state index in [9.17, 15) is 13.2 Å². The SMILES string of the molecule is CCOc1cc(C)c(S(=O)(=O)NC(C)(C)C)cc1C1(C(=O)N2CCN(CC(=O)N(CCOC)CCOC)CC2)N[C@H](c2ccc(Cl)cc2)[C@H](c2ccc(Cl)cc2)N1. The van der Waals surface area contributed by atoms with Crippen molar-refractivity contribution in [3.63, 3.8) is 0 Å².